The summed E-state index contributed by atoms with van der Waals surface area (Å²) in [5, 5.41) is 12.1. The SMILES string of the molecule is Cc1cc(O)ccc1C(=O)NC(C)c1cccc(F)c1. The Morgan fingerprint density at radius 2 is 2.00 bits per heavy atom. The van der Waals surface area contributed by atoms with Gasteiger partial charge in [-0.3, -0.25) is 4.79 Å². The smallest absolute Gasteiger partial charge is 0.252 e. The van der Waals surface area contributed by atoms with Crippen LogP contribution in [0, 0.1) is 12.7 Å². The van der Waals surface area contributed by atoms with Gasteiger partial charge in [-0.1, -0.05) is 12.1 Å². The van der Waals surface area contributed by atoms with Crippen molar-refractivity contribution in [2.75, 3.05) is 0 Å². The number of amides is 1. The Hall–Kier alpha value is -2.36. The van der Waals surface area contributed by atoms with Gasteiger partial charge in [0.25, 0.3) is 5.91 Å². The number of hydrogen-bond donors (Lipinski definition) is 2. The molecule has 4 heteroatoms. The lowest BCUT2D eigenvalue weighted by Gasteiger charge is -2.15. The van der Waals surface area contributed by atoms with Crippen LogP contribution in [0.25, 0.3) is 0 Å². The molecule has 0 heterocycles. The maximum Gasteiger partial charge on any atom is 0.252 e. The van der Waals surface area contributed by atoms with Gasteiger partial charge in [-0.15, -0.1) is 0 Å². The molecule has 104 valence electrons. The van der Waals surface area contributed by atoms with Crippen molar-refractivity contribution in [3.8, 4) is 5.75 Å². The first-order valence-corrected chi connectivity index (χ1v) is 6.33. The Kier molecular flexibility index (Phi) is 4.03. The second-order valence-corrected chi connectivity index (χ2v) is 4.75. The van der Waals surface area contributed by atoms with Crippen molar-refractivity contribution in [2.45, 2.75) is 19.9 Å². The van der Waals surface area contributed by atoms with E-state index >= 15 is 0 Å². The van der Waals surface area contributed by atoms with Gasteiger partial charge in [0.15, 0.2) is 0 Å². The number of benzene rings is 2. The minimum Gasteiger partial charge on any atom is -0.508 e. The molecule has 1 atom stereocenters. The molecule has 2 N–H and O–H groups in total. The van der Waals surface area contributed by atoms with Crippen LogP contribution in [-0.4, -0.2) is 11.0 Å². The maximum absolute atomic E-state index is 13.2. The molecule has 0 saturated heterocycles. The van der Waals surface area contributed by atoms with Crippen molar-refractivity contribution in [2.24, 2.45) is 0 Å². The fourth-order valence-corrected chi connectivity index (χ4v) is 2.04. The number of carbonyl (C=O) groups excluding carboxylic acids is 1. The van der Waals surface area contributed by atoms with E-state index in [2.05, 4.69) is 5.32 Å². The number of rotatable bonds is 3. The first-order chi connectivity index (χ1) is 9.47. The molecule has 1 unspecified atom stereocenters. The summed E-state index contributed by atoms with van der Waals surface area (Å²) < 4.78 is 13.2. The van der Waals surface area contributed by atoms with E-state index < -0.39 is 0 Å². The molecule has 0 aliphatic rings. The molecule has 0 aromatic heterocycles. The Morgan fingerprint density at radius 1 is 1.25 bits per heavy atom. The summed E-state index contributed by atoms with van der Waals surface area (Å²) in [7, 11) is 0. The topological polar surface area (TPSA) is 49.3 Å². The van der Waals surface area contributed by atoms with Crippen molar-refractivity contribution in [3.63, 3.8) is 0 Å². The summed E-state index contributed by atoms with van der Waals surface area (Å²) >= 11 is 0. The van der Waals surface area contributed by atoms with Gasteiger partial charge in [0.05, 0.1) is 6.04 Å². The van der Waals surface area contributed by atoms with Gasteiger partial charge in [-0.25, -0.2) is 4.39 Å². The van der Waals surface area contributed by atoms with Crippen LogP contribution in [0.4, 0.5) is 4.39 Å². The Balaban J connectivity index is 2.15. The quantitative estimate of drug-likeness (QED) is 0.901. The lowest BCUT2D eigenvalue weighted by molar-refractivity contribution is 0.0939. The van der Waals surface area contributed by atoms with Crippen LogP contribution < -0.4 is 5.32 Å². The fourth-order valence-electron chi connectivity index (χ4n) is 2.04. The second kappa shape index (κ2) is 5.74. The van der Waals surface area contributed by atoms with Gasteiger partial charge in [-0.2, -0.15) is 0 Å². The lowest BCUT2D eigenvalue weighted by atomic mass is 10.1. The standard InChI is InChI=1S/C16H16FNO2/c1-10-8-14(19)6-7-15(10)16(20)18-11(2)12-4-3-5-13(17)9-12/h3-9,11,19H,1-2H3,(H,18,20). The summed E-state index contributed by atoms with van der Waals surface area (Å²) in [5.74, 6) is -0.457. The van der Waals surface area contributed by atoms with E-state index in [-0.39, 0.29) is 23.5 Å². The lowest BCUT2D eigenvalue weighted by Crippen LogP contribution is -2.27. The van der Waals surface area contributed by atoms with Crippen LogP contribution in [0.5, 0.6) is 5.75 Å². The van der Waals surface area contributed by atoms with E-state index in [1.165, 1.54) is 24.3 Å². The van der Waals surface area contributed by atoms with E-state index in [0.717, 1.165) is 0 Å². The number of halogens is 1. The van der Waals surface area contributed by atoms with Crippen molar-refractivity contribution < 1.29 is 14.3 Å². The minimum absolute atomic E-state index is 0.122. The number of aromatic hydroxyl groups is 1. The van der Waals surface area contributed by atoms with Crippen LogP contribution in [0.1, 0.15) is 34.5 Å². The summed E-state index contributed by atoms with van der Waals surface area (Å²) in [6, 6.07) is 10.4. The largest absolute Gasteiger partial charge is 0.508 e. The average Bonchev–Trinajstić information content (AvgIpc) is 2.38. The number of carbonyl (C=O) groups is 1. The van der Waals surface area contributed by atoms with E-state index in [1.54, 1.807) is 32.0 Å². The molecule has 0 fully saturated rings. The van der Waals surface area contributed by atoms with Crippen LogP contribution >= 0.6 is 0 Å². The van der Waals surface area contributed by atoms with Crippen molar-refractivity contribution >= 4 is 5.91 Å². The van der Waals surface area contributed by atoms with Gasteiger partial charge in [-0.05, 0) is 55.3 Å². The number of aryl methyl sites for hydroxylation is 1. The Labute approximate surface area is 117 Å². The van der Waals surface area contributed by atoms with E-state index in [1.807, 2.05) is 0 Å². The monoisotopic (exact) mass is 273 g/mol. The van der Waals surface area contributed by atoms with Crippen molar-refractivity contribution in [1.82, 2.24) is 5.32 Å². The molecule has 0 saturated carbocycles. The first kappa shape index (κ1) is 14.1. The number of phenolic OH excluding ortho intramolecular Hbond substituents is 1. The number of phenols is 1. The van der Waals surface area contributed by atoms with Crippen LogP contribution in [0.2, 0.25) is 0 Å². The second-order valence-electron chi connectivity index (χ2n) is 4.75. The van der Waals surface area contributed by atoms with Gasteiger partial charge in [0.2, 0.25) is 0 Å². The molecular weight excluding hydrogens is 257 g/mol. The third-order valence-electron chi connectivity index (χ3n) is 3.15. The summed E-state index contributed by atoms with van der Waals surface area (Å²) in [5.41, 5.74) is 1.88. The molecule has 2 aromatic rings. The third kappa shape index (κ3) is 3.15. The molecule has 1 amide bonds. The fraction of sp³-hybridized carbons (Fsp3) is 0.188. The van der Waals surface area contributed by atoms with Crippen LogP contribution in [0.15, 0.2) is 42.5 Å². The summed E-state index contributed by atoms with van der Waals surface area (Å²) in [6.45, 7) is 3.55. The van der Waals surface area contributed by atoms with E-state index in [9.17, 15) is 14.3 Å². The zero-order valence-electron chi connectivity index (χ0n) is 11.4. The molecule has 3 nitrogen and oxygen atoms in total. The predicted octanol–water partition coefficient (Wildman–Crippen LogP) is 3.33. The summed E-state index contributed by atoms with van der Waals surface area (Å²) in [6.07, 6.45) is 0. The molecule has 0 bridgehead atoms. The molecule has 0 aliphatic heterocycles. The van der Waals surface area contributed by atoms with Crippen molar-refractivity contribution in [1.29, 1.82) is 0 Å². The Morgan fingerprint density at radius 3 is 2.65 bits per heavy atom. The third-order valence-corrected chi connectivity index (χ3v) is 3.15. The zero-order chi connectivity index (χ0) is 14.7. The first-order valence-electron chi connectivity index (χ1n) is 6.33. The molecule has 2 aromatic carbocycles. The van der Waals surface area contributed by atoms with Crippen LogP contribution in [0.3, 0.4) is 0 Å². The molecule has 2 rings (SSSR count). The predicted molar refractivity (Wildman–Crippen MR) is 75.1 cm³/mol. The highest BCUT2D eigenvalue weighted by Gasteiger charge is 2.14. The number of nitrogens with one attached hydrogen (secondary N) is 1. The molecule has 0 radical (unpaired) electrons. The van der Waals surface area contributed by atoms with Crippen molar-refractivity contribution in [3.05, 3.63) is 65.0 Å². The number of hydrogen-bond acceptors (Lipinski definition) is 2. The van der Waals surface area contributed by atoms with Gasteiger partial charge < -0.3 is 10.4 Å². The molecule has 20 heavy (non-hydrogen) atoms. The zero-order valence-corrected chi connectivity index (χ0v) is 11.4. The summed E-state index contributed by atoms with van der Waals surface area (Å²) in [4.78, 5) is 12.2. The highest BCUT2D eigenvalue weighted by atomic mass is 19.1. The molecule has 0 aliphatic carbocycles. The van der Waals surface area contributed by atoms with E-state index in [4.69, 9.17) is 0 Å². The van der Waals surface area contributed by atoms with Gasteiger partial charge in [0.1, 0.15) is 11.6 Å². The molecular formula is C16H16FNO2. The van der Waals surface area contributed by atoms with Gasteiger partial charge in [0, 0.05) is 5.56 Å². The average molecular weight is 273 g/mol. The van der Waals surface area contributed by atoms with Gasteiger partial charge >= 0.3 is 0 Å². The molecule has 0 spiro atoms. The minimum atomic E-state index is -0.329. The van der Waals surface area contributed by atoms with E-state index in [0.29, 0.717) is 16.7 Å². The highest BCUT2D eigenvalue weighted by molar-refractivity contribution is 5.96. The highest BCUT2D eigenvalue weighted by Crippen LogP contribution is 2.18. The van der Waals surface area contributed by atoms with Crippen LogP contribution in [-0.2, 0) is 0 Å². The Bertz CT molecular complexity index is 640. The normalized spacial score (nSPS) is 11.9. The maximum atomic E-state index is 13.2.